The third kappa shape index (κ3) is 2.69. The highest BCUT2D eigenvalue weighted by atomic mass is 19.3. The lowest BCUT2D eigenvalue weighted by molar-refractivity contribution is -0.137. The van der Waals surface area contributed by atoms with Crippen LogP contribution in [0.15, 0.2) is 12.1 Å². The molecule has 0 amide bonds. The Kier molecular flexibility index (Phi) is 3.64. The topological polar surface area (TPSA) is 55.8 Å². The molecule has 0 radical (unpaired) electrons. The first-order valence-corrected chi connectivity index (χ1v) is 5.50. The average Bonchev–Trinajstić information content (AvgIpc) is 2.76. The quantitative estimate of drug-likeness (QED) is 0.882. The fourth-order valence-corrected chi connectivity index (χ4v) is 1.85. The number of hydrogen-bond donors (Lipinski definition) is 1. The van der Waals surface area contributed by atoms with Crippen molar-refractivity contribution in [3.63, 3.8) is 0 Å². The van der Waals surface area contributed by atoms with E-state index in [2.05, 4.69) is 0 Å². The Bertz CT molecular complexity index is 460. The van der Waals surface area contributed by atoms with E-state index in [-0.39, 0.29) is 18.8 Å². The van der Waals surface area contributed by atoms with Crippen LogP contribution in [-0.2, 0) is 11.2 Å². The van der Waals surface area contributed by atoms with Gasteiger partial charge in [0.2, 0.25) is 6.79 Å². The standard InChI is InChI=1S/C12H12F2O4/c13-12(14)8-4-7(2-1-3-10(15)16)11-9(5-8)17-6-18-11/h4-5,12H,1-3,6H2,(H,15,16). The Morgan fingerprint density at radius 3 is 2.83 bits per heavy atom. The molecule has 1 heterocycles. The zero-order valence-electron chi connectivity index (χ0n) is 9.49. The summed E-state index contributed by atoms with van der Waals surface area (Å²) in [6, 6.07) is 2.60. The van der Waals surface area contributed by atoms with Gasteiger partial charge in [-0.05, 0) is 30.5 Å². The second-order valence-corrected chi connectivity index (χ2v) is 3.96. The third-order valence-electron chi connectivity index (χ3n) is 2.66. The van der Waals surface area contributed by atoms with Crippen LogP contribution in [0.3, 0.4) is 0 Å². The van der Waals surface area contributed by atoms with E-state index >= 15 is 0 Å². The van der Waals surface area contributed by atoms with E-state index in [1.165, 1.54) is 12.1 Å². The van der Waals surface area contributed by atoms with Gasteiger partial charge in [-0.15, -0.1) is 0 Å². The summed E-state index contributed by atoms with van der Waals surface area (Å²) in [5.41, 5.74) is 0.436. The Hall–Kier alpha value is -1.85. The van der Waals surface area contributed by atoms with Gasteiger partial charge in [-0.1, -0.05) is 0 Å². The van der Waals surface area contributed by atoms with Gasteiger partial charge in [-0.25, -0.2) is 8.78 Å². The summed E-state index contributed by atoms with van der Waals surface area (Å²) in [6.07, 6.45) is -1.84. The second kappa shape index (κ2) is 5.20. The highest BCUT2D eigenvalue weighted by Gasteiger charge is 2.21. The van der Waals surface area contributed by atoms with Crippen LogP contribution >= 0.6 is 0 Å². The van der Waals surface area contributed by atoms with E-state index in [0.29, 0.717) is 29.9 Å². The Labute approximate surface area is 102 Å². The second-order valence-electron chi connectivity index (χ2n) is 3.96. The van der Waals surface area contributed by atoms with Crippen molar-refractivity contribution in [3.8, 4) is 11.5 Å². The number of benzene rings is 1. The largest absolute Gasteiger partial charge is 0.481 e. The molecule has 0 atom stereocenters. The van der Waals surface area contributed by atoms with E-state index < -0.39 is 12.4 Å². The maximum atomic E-state index is 12.7. The molecule has 1 aromatic carbocycles. The van der Waals surface area contributed by atoms with Crippen molar-refractivity contribution >= 4 is 5.97 Å². The smallest absolute Gasteiger partial charge is 0.303 e. The molecule has 0 aromatic heterocycles. The fourth-order valence-electron chi connectivity index (χ4n) is 1.85. The predicted molar refractivity (Wildman–Crippen MR) is 58.1 cm³/mol. The number of ether oxygens (including phenoxy) is 2. The van der Waals surface area contributed by atoms with Crippen LogP contribution < -0.4 is 9.47 Å². The van der Waals surface area contributed by atoms with E-state index in [4.69, 9.17) is 14.6 Å². The summed E-state index contributed by atoms with van der Waals surface area (Å²) in [5, 5.41) is 8.55. The van der Waals surface area contributed by atoms with E-state index in [9.17, 15) is 13.6 Å². The van der Waals surface area contributed by atoms with Crippen LogP contribution in [0.4, 0.5) is 8.78 Å². The maximum absolute atomic E-state index is 12.7. The Morgan fingerprint density at radius 1 is 1.39 bits per heavy atom. The minimum Gasteiger partial charge on any atom is -0.481 e. The van der Waals surface area contributed by atoms with Crippen LogP contribution in [0.5, 0.6) is 11.5 Å². The molecule has 0 unspecified atom stereocenters. The number of aliphatic carboxylic acids is 1. The molecule has 98 valence electrons. The number of fused-ring (bicyclic) bond motifs is 1. The van der Waals surface area contributed by atoms with Gasteiger partial charge in [0.15, 0.2) is 11.5 Å². The zero-order valence-corrected chi connectivity index (χ0v) is 9.49. The first-order chi connectivity index (χ1) is 8.58. The number of hydrogen-bond acceptors (Lipinski definition) is 3. The first kappa shape index (κ1) is 12.6. The van der Waals surface area contributed by atoms with Crippen molar-refractivity contribution < 1.29 is 28.2 Å². The molecule has 1 aliphatic rings. The molecule has 0 bridgehead atoms. The molecule has 1 aliphatic heterocycles. The van der Waals surface area contributed by atoms with Crippen LogP contribution in [0.25, 0.3) is 0 Å². The Morgan fingerprint density at radius 2 is 2.17 bits per heavy atom. The minimum absolute atomic E-state index is 0.00542. The van der Waals surface area contributed by atoms with Crippen molar-refractivity contribution in [2.75, 3.05) is 6.79 Å². The van der Waals surface area contributed by atoms with Gasteiger partial charge >= 0.3 is 5.97 Å². The van der Waals surface area contributed by atoms with Gasteiger partial charge in [-0.3, -0.25) is 4.79 Å². The van der Waals surface area contributed by atoms with Crippen molar-refractivity contribution in [1.82, 2.24) is 0 Å². The van der Waals surface area contributed by atoms with Gasteiger partial charge in [-0.2, -0.15) is 0 Å². The van der Waals surface area contributed by atoms with Crippen LogP contribution in [0, 0.1) is 0 Å². The summed E-state index contributed by atoms with van der Waals surface area (Å²) in [4.78, 5) is 10.4. The summed E-state index contributed by atoms with van der Waals surface area (Å²) >= 11 is 0. The molecular weight excluding hydrogens is 246 g/mol. The summed E-state index contributed by atoms with van der Waals surface area (Å²) in [6.45, 7) is 0.00789. The van der Waals surface area contributed by atoms with Crippen molar-refractivity contribution in [2.24, 2.45) is 0 Å². The molecule has 1 aromatic rings. The molecule has 0 aliphatic carbocycles. The lowest BCUT2D eigenvalue weighted by Crippen LogP contribution is -1.98. The highest BCUT2D eigenvalue weighted by molar-refractivity contribution is 5.66. The lowest BCUT2D eigenvalue weighted by Gasteiger charge is -2.08. The molecule has 6 heteroatoms. The monoisotopic (exact) mass is 258 g/mol. The van der Waals surface area contributed by atoms with Crippen LogP contribution in [-0.4, -0.2) is 17.9 Å². The van der Waals surface area contributed by atoms with Gasteiger partial charge in [0, 0.05) is 12.0 Å². The number of halogens is 2. The normalized spacial score (nSPS) is 13.1. The van der Waals surface area contributed by atoms with E-state index in [1.807, 2.05) is 0 Å². The van der Waals surface area contributed by atoms with Gasteiger partial charge in [0.05, 0.1) is 0 Å². The van der Waals surface area contributed by atoms with Crippen LogP contribution in [0.1, 0.15) is 30.4 Å². The van der Waals surface area contributed by atoms with Crippen LogP contribution in [0.2, 0.25) is 0 Å². The Balaban J connectivity index is 2.19. The van der Waals surface area contributed by atoms with E-state index in [0.717, 1.165) is 0 Å². The number of aryl methyl sites for hydroxylation is 1. The number of carboxylic acids is 1. The zero-order chi connectivity index (χ0) is 13.1. The minimum atomic E-state index is -2.59. The molecule has 18 heavy (non-hydrogen) atoms. The SMILES string of the molecule is O=C(O)CCCc1cc(C(F)F)cc2c1OCO2. The first-order valence-electron chi connectivity index (χ1n) is 5.50. The third-order valence-corrected chi connectivity index (χ3v) is 2.66. The summed E-state index contributed by atoms with van der Waals surface area (Å²) in [5.74, 6) is -0.156. The maximum Gasteiger partial charge on any atom is 0.303 e. The molecule has 0 saturated heterocycles. The molecule has 2 rings (SSSR count). The van der Waals surface area contributed by atoms with E-state index in [1.54, 1.807) is 0 Å². The average molecular weight is 258 g/mol. The van der Waals surface area contributed by atoms with Crippen molar-refractivity contribution in [3.05, 3.63) is 23.3 Å². The predicted octanol–water partition coefficient (Wildman–Crippen LogP) is 2.76. The number of rotatable bonds is 5. The summed E-state index contributed by atoms with van der Waals surface area (Å²) in [7, 11) is 0. The van der Waals surface area contributed by atoms with Crippen molar-refractivity contribution in [2.45, 2.75) is 25.7 Å². The molecule has 0 fully saturated rings. The highest BCUT2D eigenvalue weighted by Crippen LogP contribution is 2.39. The number of alkyl halides is 2. The lowest BCUT2D eigenvalue weighted by atomic mass is 10.0. The number of carbonyl (C=O) groups is 1. The van der Waals surface area contributed by atoms with Gasteiger partial charge in [0.25, 0.3) is 6.43 Å². The molecule has 4 nitrogen and oxygen atoms in total. The molecular formula is C12H12F2O4. The summed E-state index contributed by atoms with van der Waals surface area (Å²) < 4.78 is 35.6. The molecule has 0 spiro atoms. The van der Waals surface area contributed by atoms with Gasteiger partial charge in [0.1, 0.15) is 0 Å². The molecule has 1 N–H and O–H groups in total. The van der Waals surface area contributed by atoms with Crippen molar-refractivity contribution in [1.29, 1.82) is 0 Å². The van der Waals surface area contributed by atoms with Gasteiger partial charge < -0.3 is 14.6 Å². The number of carboxylic acid groups (broad SMARTS) is 1. The molecule has 0 saturated carbocycles. The fraction of sp³-hybridized carbons (Fsp3) is 0.417.